The first kappa shape index (κ1) is 18.8. The van der Waals surface area contributed by atoms with Crippen LogP contribution in [-0.4, -0.2) is 31.8 Å². The molecule has 0 amide bonds. The largest absolute Gasteiger partial charge is 0.508 e. The van der Waals surface area contributed by atoms with Crippen LogP contribution in [0.3, 0.4) is 0 Å². The number of hydrogen-bond acceptors (Lipinski definition) is 6. The third-order valence-electron chi connectivity index (χ3n) is 4.28. The number of Topliss-reactive ketones (excluding diaryl/α,β-unsaturated/α-hetero) is 1. The molecule has 1 N–H and O–H groups in total. The molecule has 4 aromatic rings. The first-order valence-corrected chi connectivity index (χ1v) is 10.00. The normalized spacial score (nSPS) is 10.6. The molecule has 142 valence electrons. The van der Waals surface area contributed by atoms with Crippen molar-refractivity contribution < 1.29 is 9.90 Å². The molecule has 0 unspecified atom stereocenters. The van der Waals surface area contributed by atoms with Crippen molar-refractivity contribution in [1.82, 2.24) is 15.2 Å². The van der Waals surface area contributed by atoms with Crippen LogP contribution in [-0.2, 0) is 0 Å². The molecular weight excluding hydrogens is 382 g/mol. The van der Waals surface area contributed by atoms with E-state index in [4.69, 9.17) is 4.98 Å². The fourth-order valence-electron chi connectivity index (χ4n) is 2.82. The van der Waals surface area contributed by atoms with E-state index in [1.807, 2.05) is 60.7 Å². The second-order valence-electron chi connectivity index (χ2n) is 6.28. The molecule has 0 aliphatic heterocycles. The highest BCUT2D eigenvalue weighted by molar-refractivity contribution is 7.99. The Morgan fingerprint density at radius 3 is 1.97 bits per heavy atom. The number of carbonyl (C=O) groups excluding carboxylic acids is 1. The van der Waals surface area contributed by atoms with Gasteiger partial charge in [-0.3, -0.25) is 4.79 Å². The van der Waals surface area contributed by atoms with Crippen LogP contribution >= 0.6 is 11.8 Å². The Bertz CT molecular complexity index is 1120. The molecule has 4 rings (SSSR count). The van der Waals surface area contributed by atoms with Crippen LogP contribution in [0.5, 0.6) is 5.75 Å². The lowest BCUT2D eigenvalue weighted by atomic mass is 10.0. The van der Waals surface area contributed by atoms with E-state index in [0.717, 1.165) is 16.8 Å². The molecule has 0 bridgehead atoms. The molecule has 0 fully saturated rings. The molecule has 0 saturated carbocycles. The highest BCUT2D eigenvalue weighted by Gasteiger charge is 2.15. The molecule has 0 atom stereocenters. The molecule has 5 nitrogen and oxygen atoms in total. The van der Waals surface area contributed by atoms with Crippen molar-refractivity contribution in [3.63, 3.8) is 0 Å². The van der Waals surface area contributed by atoms with E-state index in [-0.39, 0.29) is 17.3 Å². The zero-order chi connectivity index (χ0) is 20.1. The molecule has 3 aromatic carbocycles. The monoisotopic (exact) mass is 399 g/mol. The maximum Gasteiger partial charge on any atom is 0.210 e. The topological polar surface area (TPSA) is 76.0 Å². The average Bonchev–Trinajstić information content (AvgIpc) is 2.79. The summed E-state index contributed by atoms with van der Waals surface area (Å²) in [7, 11) is 0. The summed E-state index contributed by atoms with van der Waals surface area (Å²) in [6.45, 7) is 0. The number of rotatable bonds is 6. The van der Waals surface area contributed by atoms with Gasteiger partial charge in [-0.2, -0.15) is 0 Å². The number of hydrogen-bond donors (Lipinski definition) is 1. The van der Waals surface area contributed by atoms with Crippen molar-refractivity contribution in [2.45, 2.75) is 5.16 Å². The summed E-state index contributed by atoms with van der Waals surface area (Å²) < 4.78 is 0. The fourth-order valence-corrected chi connectivity index (χ4v) is 3.50. The van der Waals surface area contributed by atoms with E-state index >= 15 is 0 Å². The van der Waals surface area contributed by atoms with Gasteiger partial charge in [0.15, 0.2) is 5.78 Å². The van der Waals surface area contributed by atoms with E-state index in [9.17, 15) is 9.90 Å². The molecule has 0 aliphatic rings. The summed E-state index contributed by atoms with van der Waals surface area (Å²) in [4.78, 5) is 17.1. The molecule has 6 heteroatoms. The Balaban J connectivity index is 1.62. The van der Waals surface area contributed by atoms with Crippen LogP contribution in [0, 0.1) is 0 Å². The minimum absolute atomic E-state index is 0.0630. The van der Waals surface area contributed by atoms with Gasteiger partial charge in [-0.05, 0) is 24.3 Å². The Labute approximate surface area is 172 Å². The lowest BCUT2D eigenvalue weighted by Gasteiger charge is -2.09. The number of phenols is 1. The number of carbonyl (C=O) groups is 1. The summed E-state index contributed by atoms with van der Waals surface area (Å²) in [5.41, 5.74) is 3.83. The van der Waals surface area contributed by atoms with E-state index in [0.29, 0.717) is 16.4 Å². The van der Waals surface area contributed by atoms with Crippen LogP contribution in [0.25, 0.3) is 22.5 Å². The Hall–Kier alpha value is -3.51. The van der Waals surface area contributed by atoms with Crippen LogP contribution in [0.4, 0.5) is 0 Å². The van der Waals surface area contributed by atoms with Crippen LogP contribution in [0.2, 0.25) is 0 Å². The molecule has 29 heavy (non-hydrogen) atoms. The Kier molecular flexibility index (Phi) is 5.63. The number of thioether (sulfide) groups is 1. The van der Waals surface area contributed by atoms with E-state index in [1.54, 1.807) is 12.1 Å². The first-order valence-electron chi connectivity index (χ1n) is 9.01. The van der Waals surface area contributed by atoms with E-state index < -0.39 is 0 Å². The van der Waals surface area contributed by atoms with Crippen LogP contribution in [0.15, 0.2) is 90.1 Å². The van der Waals surface area contributed by atoms with Crippen molar-refractivity contribution in [3.05, 3.63) is 90.5 Å². The lowest BCUT2D eigenvalue weighted by Crippen LogP contribution is -2.04. The van der Waals surface area contributed by atoms with Gasteiger partial charge < -0.3 is 5.11 Å². The number of aromatic nitrogens is 3. The number of benzene rings is 3. The first-order chi connectivity index (χ1) is 14.2. The summed E-state index contributed by atoms with van der Waals surface area (Å²) >= 11 is 1.24. The zero-order valence-electron chi connectivity index (χ0n) is 15.4. The molecule has 1 aromatic heterocycles. The highest BCUT2D eigenvalue weighted by Crippen LogP contribution is 2.29. The molecule has 1 heterocycles. The van der Waals surface area contributed by atoms with Gasteiger partial charge in [0.05, 0.1) is 5.75 Å². The maximum absolute atomic E-state index is 12.4. The van der Waals surface area contributed by atoms with Crippen molar-refractivity contribution >= 4 is 17.5 Å². The zero-order valence-corrected chi connectivity index (χ0v) is 16.2. The SMILES string of the molecule is O=C(CSc1nnc(-c2ccccc2)c(-c2ccccc2)n1)c1ccc(O)cc1. The van der Waals surface area contributed by atoms with Crippen molar-refractivity contribution in [3.8, 4) is 28.3 Å². The van der Waals surface area contributed by atoms with E-state index in [2.05, 4.69) is 10.2 Å². The summed E-state index contributed by atoms with van der Waals surface area (Å²) in [5, 5.41) is 18.4. The minimum atomic E-state index is -0.0630. The molecule has 0 radical (unpaired) electrons. The van der Waals surface area contributed by atoms with Gasteiger partial charge in [-0.15, -0.1) is 10.2 Å². The number of ketones is 1. The average molecular weight is 399 g/mol. The number of phenolic OH excluding ortho intramolecular Hbond substituents is 1. The van der Waals surface area contributed by atoms with Gasteiger partial charge in [-0.1, -0.05) is 72.4 Å². The van der Waals surface area contributed by atoms with Gasteiger partial charge in [0.1, 0.15) is 17.1 Å². The Morgan fingerprint density at radius 2 is 1.34 bits per heavy atom. The standard InChI is InChI=1S/C23H17N3O2S/c27-19-13-11-16(12-14-19)20(28)15-29-23-24-21(17-7-3-1-4-8-17)22(25-26-23)18-9-5-2-6-10-18/h1-14,27H,15H2. The van der Waals surface area contributed by atoms with Crippen molar-refractivity contribution in [2.75, 3.05) is 5.75 Å². The summed E-state index contributed by atoms with van der Waals surface area (Å²) in [6.07, 6.45) is 0. The highest BCUT2D eigenvalue weighted by atomic mass is 32.2. The predicted molar refractivity (Wildman–Crippen MR) is 114 cm³/mol. The predicted octanol–water partition coefficient (Wildman–Crippen LogP) is 4.89. The third kappa shape index (κ3) is 4.50. The number of aromatic hydroxyl groups is 1. The van der Waals surface area contributed by atoms with Gasteiger partial charge in [0.2, 0.25) is 5.16 Å². The summed E-state index contributed by atoms with van der Waals surface area (Å²) in [5.74, 6) is 0.253. The van der Waals surface area contributed by atoms with Crippen LogP contribution < -0.4 is 0 Å². The second kappa shape index (κ2) is 8.67. The third-order valence-corrected chi connectivity index (χ3v) is 5.12. The molecular formula is C23H17N3O2S. The lowest BCUT2D eigenvalue weighted by molar-refractivity contribution is 0.102. The van der Waals surface area contributed by atoms with E-state index in [1.165, 1.54) is 23.9 Å². The molecule has 0 spiro atoms. The Morgan fingerprint density at radius 1 is 0.759 bits per heavy atom. The second-order valence-corrected chi connectivity index (χ2v) is 7.22. The number of nitrogens with zero attached hydrogens (tertiary/aromatic N) is 3. The van der Waals surface area contributed by atoms with Gasteiger partial charge in [0.25, 0.3) is 0 Å². The van der Waals surface area contributed by atoms with Gasteiger partial charge in [0, 0.05) is 16.7 Å². The minimum Gasteiger partial charge on any atom is -0.508 e. The smallest absolute Gasteiger partial charge is 0.210 e. The van der Waals surface area contributed by atoms with Gasteiger partial charge in [-0.25, -0.2) is 4.98 Å². The van der Waals surface area contributed by atoms with Crippen molar-refractivity contribution in [2.24, 2.45) is 0 Å². The van der Waals surface area contributed by atoms with Crippen LogP contribution in [0.1, 0.15) is 10.4 Å². The van der Waals surface area contributed by atoms with Gasteiger partial charge >= 0.3 is 0 Å². The maximum atomic E-state index is 12.4. The van der Waals surface area contributed by atoms with Crippen molar-refractivity contribution in [1.29, 1.82) is 0 Å². The molecule has 0 saturated heterocycles. The summed E-state index contributed by atoms with van der Waals surface area (Å²) in [6, 6.07) is 25.8. The quantitative estimate of drug-likeness (QED) is 0.368. The molecule has 0 aliphatic carbocycles. The fraction of sp³-hybridized carbons (Fsp3) is 0.0435.